The highest BCUT2D eigenvalue weighted by molar-refractivity contribution is 7.99. The predicted octanol–water partition coefficient (Wildman–Crippen LogP) is 2.15. The van der Waals surface area contributed by atoms with Crippen molar-refractivity contribution in [1.82, 2.24) is 10.3 Å². The number of benzene rings is 1. The smallest absolute Gasteiger partial charge is 0.326 e. The number of aliphatic carboxylic acids is 1. The van der Waals surface area contributed by atoms with Crippen LogP contribution in [0.25, 0.3) is 11.1 Å². The molecule has 1 amide bonds. The number of amides is 1. The number of carbonyl (C=O) groups excluding carboxylic acids is 1. The van der Waals surface area contributed by atoms with Crippen molar-refractivity contribution in [2.75, 3.05) is 5.75 Å². The standard InChI is InChI=1S/C14H16N2O4S/c1-8(2)12(13(18)19)16-11(17)7-21-14-15-9-5-3-4-6-10(9)20-14/h3-6,8,12H,7H2,1-2H3,(H,16,17)(H,18,19). The molecule has 1 aromatic heterocycles. The molecular formula is C14H16N2O4S. The van der Waals surface area contributed by atoms with Crippen molar-refractivity contribution in [2.45, 2.75) is 25.1 Å². The Bertz CT molecular complexity index is 620. The average Bonchev–Trinajstić information content (AvgIpc) is 2.84. The molecule has 0 spiro atoms. The minimum absolute atomic E-state index is 0.0589. The second-order valence-electron chi connectivity index (χ2n) is 4.86. The predicted molar refractivity (Wildman–Crippen MR) is 79.1 cm³/mol. The topological polar surface area (TPSA) is 92.4 Å². The van der Waals surface area contributed by atoms with Crippen LogP contribution in [0, 0.1) is 5.92 Å². The first-order valence-corrected chi connectivity index (χ1v) is 7.46. The number of nitrogens with zero attached hydrogens (tertiary/aromatic N) is 1. The minimum atomic E-state index is -1.04. The number of carboxylic acid groups (broad SMARTS) is 1. The fourth-order valence-electron chi connectivity index (χ4n) is 1.77. The van der Waals surface area contributed by atoms with Crippen molar-refractivity contribution in [3.8, 4) is 0 Å². The lowest BCUT2D eigenvalue weighted by Crippen LogP contribution is -2.45. The van der Waals surface area contributed by atoms with Crippen molar-refractivity contribution in [2.24, 2.45) is 5.92 Å². The highest BCUT2D eigenvalue weighted by atomic mass is 32.2. The molecule has 21 heavy (non-hydrogen) atoms. The first-order chi connectivity index (χ1) is 9.97. The Hall–Kier alpha value is -2.02. The largest absolute Gasteiger partial charge is 0.480 e. The van der Waals surface area contributed by atoms with Crippen LogP contribution in [0.4, 0.5) is 0 Å². The number of fused-ring (bicyclic) bond motifs is 1. The number of oxazole rings is 1. The molecule has 1 heterocycles. The zero-order valence-electron chi connectivity index (χ0n) is 11.7. The summed E-state index contributed by atoms with van der Waals surface area (Å²) >= 11 is 1.14. The maximum absolute atomic E-state index is 11.8. The summed E-state index contributed by atoms with van der Waals surface area (Å²) in [4.78, 5) is 27.0. The third-order valence-electron chi connectivity index (χ3n) is 2.85. The van der Waals surface area contributed by atoms with Gasteiger partial charge in [-0.3, -0.25) is 4.79 Å². The normalized spacial score (nSPS) is 12.5. The van der Waals surface area contributed by atoms with Gasteiger partial charge in [-0.1, -0.05) is 37.7 Å². The summed E-state index contributed by atoms with van der Waals surface area (Å²) in [6.07, 6.45) is 0. The molecule has 0 fully saturated rings. The number of hydrogen-bond donors (Lipinski definition) is 2. The van der Waals surface area contributed by atoms with Gasteiger partial charge in [0.1, 0.15) is 11.6 Å². The maximum atomic E-state index is 11.8. The molecule has 0 saturated carbocycles. The van der Waals surface area contributed by atoms with Crippen molar-refractivity contribution in [3.63, 3.8) is 0 Å². The molecule has 0 aliphatic carbocycles. The van der Waals surface area contributed by atoms with Gasteiger partial charge in [-0.25, -0.2) is 9.78 Å². The van der Waals surface area contributed by atoms with Gasteiger partial charge in [-0.15, -0.1) is 0 Å². The van der Waals surface area contributed by atoms with Gasteiger partial charge >= 0.3 is 5.97 Å². The highest BCUT2D eigenvalue weighted by Crippen LogP contribution is 2.22. The van der Waals surface area contributed by atoms with Crippen LogP contribution in [-0.2, 0) is 9.59 Å². The Morgan fingerprint density at radius 2 is 2.10 bits per heavy atom. The van der Waals surface area contributed by atoms with Crippen LogP contribution in [0.2, 0.25) is 0 Å². The van der Waals surface area contributed by atoms with Crippen molar-refractivity contribution < 1.29 is 19.1 Å². The van der Waals surface area contributed by atoms with Gasteiger partial charge in [0.2, 0.25) is 5.91 Å². The van der Waals surface area contributed by atoms with Crippen LogP contribution < -0.4 is 5.32 Å². The van der Waals surface area contributed by atoms with Gasteiger partial charge < -0.3 is 14.8 Å². The Morgan fingerprint density at radius 1 is 1.38 bits per heavy atom. The molecule has 1 aromatic carbocycles. The third-order valence-corrected chi connectivity index (χ3v) is 3.68. The van der Waals surface area contributed by atoms with E-state index in [0.29, 0.717) is 10.8 Å². The number of nitrogens with one attached hydrogen (secondary N) is 1. The van der Waals surface area contributed by atoms with Crippen LogP contribution in [0.3, 0.4) is 0 Å². The minimum Gasteiger partial charge on any atom is -0.480 e. The quantitative estimate of drug-likeness (QED) is 0.794. The molecule has 2 aromatic rings. The zero-order valence-corrected chi connectivity index (χ0v) is 12.5. The maximum Gasteiger partial charge on any atom is 0.326 e. The van der Waals surface area contributed by atoms with E-state index in [2.05, 4.69) is 10.3 Å². The van der Waals surface area contributed by atoms with E-state index in [1.165, 1.54) is 0 Å². The molecular weight excluding hydrogens is 292 g/mol. The summed E-state index contributed by atoms with van der Waals surface area (Å²) in [5.74, 6) is -1.52. The summed E-state index contributed by atoms with van der Waals surface area (Å²) in [5.41, 5.74) is 1.39. The Balaban J connectivity index is 1.93. The fourth-order valence-corrected chi connectivity index (χ4v) is 2.42. The first-order valence-electron chi connectivity index (χ1n) is 6.48. The van der Waals surface area contributed by atoms with Crippen LogP contribution in [0.1, 0.15) is 13.8 Å². The second-order valence-corrected chi connectivity index (χ2v) is 5.79. The number of carbonyl (C=O) groups is 2. The lowest BCUT2D eigenvalue weighted by atomic mass is 10.1. The van der Waals surface area contributed by atoms with E-state index in [-0.39, 0.29) is 17.6 Å². The van der Waals surface area contributed by atoms with E-state index >= 15 is 0 Å². The van der Waals surface area contributed by atoms with Crippen LogP contribution in [-0.4, -0.2) is 33.8 Å². The van der Waals surface area contributed by atoms with Crippen molar-refractivity contribution in [3.05, 3.63) is 24.3 Å². The van der Waals surface area contributed by atoms with Gasteiger partial charge in [0.05, 0.1) is 5.75 Å². The molecule has 0 aliphatic heterocycles. The highest BCUT2D eigenvalue weighted by Gasteiger charge is 2.23. The molecule has 0 saturated heterocycles. The Morgan fingerprint density at radius 3 is 2.71 bits per heavy atom. The zero-order chi connectivity index (χ0) is 15.4. The van der Waals surface area contributed by atoms with Crippen molar-refractivity contribution in [1.29, 1.82) is 0 Å². The molecule has 2 N–H and O–H groups in total. The molecule has 0 radical (unpaired) electrons. The van der Waals surface area contributed by atoms with E-state index in [1.807, 2.05) is 18.2 Å². The molecule has 1 atom stereocenters. The number of rotatable bonds is 6. The number of carboxylic acids is 1. The molecule has 1 unspecified atom stereocenters. The number of thioether (sulfide) groups is 1. The molecule has 112 valence electrons. The molecule has 2 rings (SSSR count). The molecule has 0 aliphatic rings. The van der Waals surface area contributed by atoms with E-state index in [9.17, 15) is 9.59 Å². The van der Waals surface area contributed by atoms with Crippen LogP contribution in [0.15, 0.2) is 33.9 Å². The molecule has 7 heteroatoms. The lowest BCUT2D eigenvalue weighted by molar-refractivity contribution is -0.142. The summed E-state index contributed by atoms with van der Waals surface area (Å²) < 4.78 is 5.47. The Kier molecular flexibility index (Phi) is 4.85. The van der Waals surface area contributed by atoms with E-state index in [1.54, 1.807) is 19.9 Å². The van der Waals surface area contributed by atoms with Gasteiger partial charge in [0.25, 0.3) is 5.22 Å². The first kappa shape index (κ1) is 15.4. The average molecular weight is 308 g/mol. The van der Waals surface area contributed by atoms with Crippen LogP contribution in [0.5, 0.6) is 0 Å². The van der Waals surface area contributed by atoms with Crippen LogP contribution >= 0.6 is 11.8 Å². The fraction of sp³-hybridized carbons (Fsp3) is 0.357. The SMILES string of the molecule is CC(C)C(NC(=O)CSc1nc2ccccc2o1)C(=O)O. The van der Waals surface area contributed by atoms with E-state index < -0.39 is 12.0 Å². The Labute approximate surface area is 125 Å². The van der Waals surface area contributed by atoms with Gasteiger partial charge in [-0.2, -0.15) is 0 Å². The number of para-hydroxylation sites is 2. The molecule has 0 bridgehead atoms. The monoisotopic (exact) mass is 308 g/mol. The number of aromatic nitrogens is 1. The summed E-state index contributed by atoms with van der Waals surface area (Å²) in [6, 6.07) is 6.43. The lowest BCUT2D eigenvalue weighted by Gasteiger charge is -2.17. The second kappa shape index (κ2) is 6.62. The van der Waals surface area contributed by atoms with Gasteiger partial charge in [-0.05, 0) is 18.1 Å². The van der Waals surface area contributed by atoms with Crippen molar-refractivity contribution >= 4 is 34.7 Å². The van der Waals surface area contributed by atoms with Gasteiger partial charge in [0, 0.05) is 0 Å². The van der Waals surface area contributed by atoms with E-state index in [4.69, 9.17) is 9.52 Å². The number of hydrogen-bond acceptors (Lipinski definition) is 5. The summed E-state index contributed by atoms with van der Waals surface area (Å²) in [5, 5.41) is 11.9. The third kappa shape index (κ3) is 3.98. The summed E-state index contributed by atoms with van der Waals surface area (Å²) in [6.45, 7) is 3.49. The molecule has 6 nitrogen and oxygen atoms in total. The summed E-state index contributed by atoms with van der Waals surface area (Å²) in [7, 11) is 0. The van der Waals surface area contributed by atoms with Gasteiger partial charge in [0.15, 0.2) is 5.58 Å². The van der Waals surface area contributed by atoms with E-state index in [0.717, 1.165) is 17.3 Å².